The van der Waals surface area contributed by atoms with Gasteiger partial charge < -0.3 is 21.2 Å². The van der Waals surface area contributed by atoms with Crippen LogP contribution in [0.4, 0.5) is 21.7 Å². The van der Waals surface area contributed by atoms with Crippen molar-refractivity contribution in [2.24, 2.45) is 0 Å². The van der Waals surface area contributed by atoms with Crippen LogP contribution in [0.2, 0.25) is 18.1 Å². The van der Waals surface area contributed by atoms with Gasteiger partial charge in [0.15, 0.2) is 31.4 Å². The molecular formula is C25H33FN8OSi. The number of pyridine rings is 1. The van der Waals surface area contributed by atoms with E-state index in [4.69, 9.17) is 15.9 Å². The van der Waals surface area contributed by atoms with E-state index in [0.717, 1.165) is 5.39 Å². The SMILES string of the molecule is CC(C)(C)[Si](C)(C)OCCNc1c(N)nc(-c2nn(Cc3ccccc3F)c3ncccc23)nc1N. The fourth-order valence-electron chi connectivity index (χ4n) is 3.55. The summed E-state index contributed by atoms with van der Waals surface area (Å²) in [6, 6.07) is 10.2. The van der Waals surface area contributed by atoms with Gasteiger partial charge in [0.1, 0.15) is 17.2 Å². The lowest BCUT2D eigenvalue weighted by Gasteiger charge is -2.36. The van der Waals surface area contributed by atoms with Crippen LogP contribution in [0.3, 0.4) is 0 Å². The summed E-state index contributed by atoms with van der Waals surface area (Å²) in [7, 11) is -1.85. The van der Waals surface area contributed by atoms with Gasteiger partial charge in [-0.25, -0.2) is 24.0 Å². The summed E-state index contributed by atoms with van der Waals surface area (Å²) in [4.78, 5) is 13.4. The number of aromatic nitrogens is 5. The van der Waals surface area contributed by atoms with Gasteiger partial charge in [-0.3, -0.25) is 0 Å². The first-order valence-corrected chi connectivity index (χ1v) is 14.7. The van der Waals surface area contributed by atoms with Crippen LogP contribution in [0.1, 0.15) is 26.3 Å². The van der Waals surface area contributed by atoms with Gasteiger partial charge in [-0.05, 0) is 36.3 Å². The Balaban J connectivity index is 1.58. The third kappa shape index (κ3) is 5.16. The molecule has 0 amide bonds. The Kier molecular flexibility index (Phi) is 6.96. The molecule has 190 valence electrons. The first-order chi connectivity index (χ1) is 17.0. The van der Waals surface area contributed by atoms with Gasteiger partial charge in [-0.2, -0.15) is 5.10 Å². The second kappa shape index (κ2) is 9.82. The predicted octanol–water partition coefficient (Wildman–Crippen LogP) is 4.67. The minimum atomic E-state index is -1.85. The van der Waals surface area contributed by atoms with Crippen LogP contribution >= 0.6 is 0 Å². The number of benzene rings is 1. The van der Waals surface area contributed by atoms with Crippen LogP contribution in [0.15, 0.2) is 42.6 Å². The number of hydrogen-bond acceptors (Lipinski definition) is 8. The molecule has 3 aromatic heterocycles. The van der Waals surface area contributed by atoms with Gasteiger partial charge in [-0.1, -0.05) is 39.0 Å². The van der Waals surface area contributed by atoms with Gasteiger partial charge in [0.25, 0.3) is 0 Å². The quantitative estimate of drug-likeness (QED) is 0.231. The minimum Gasteiger partial charge on any atom is -0.415 e. The van der Waals surface area contributed by atoms with Gasteiger partial charge in [0, 0.05) is 18.3 Å². The lowest BCUT2D eigenvalue weighted by molar-refractivity contribution is 0.301. The van der Waals surface area contributed by atoms with E-state index in [-0.39, 0.29) is 34.9 Å². The third-order valence-corrected chi connectivity index (χ3v) is 11.2. The molecule has 0 unspecified atom stereocenters. The number of halogens is 1. The van der Waals surface area contributed by atoms with Crippen LogP contribution in [-0.2, 0) is 11.0 Å². The summed E-state index contributed by atoms with van der Waals surface area (Å²) in [5.41, 5.74) is 14.6. The van der Waals surface area contributed by atoms with Crippen LogP contribution < -0.4 is 16.8 Å². The third-order valence-electron chi connectivity index (χ3n) is 6.63. The summed E-state index contributed by atoms with van der Waals surface area (Å²) >= 11 is 0. The summed E-state index contributed by atoms with van der Waals surface area (Å²) in [6.07, 6.45) is 1.66. The summed E-state index contributed by atoms with van der Waals surface area (Å²) < 4.78 is 22.1. The molecule has 36 heavy (non-hydrogen) atoms. The number of nitrogens with two attached hydrogens (primary N) is 2. The van der Waals surface area contributed by atoms with Crippen LogP contribution in [0.25, 0.3) is 22.6 Å². The van der Waals surface area contributed by atoms with Gasteiger partial charge in [0.2, 0.25) is 0 Å². The average Bonchev–Trinajstić information content (AvgIpc) is 3.17. The molecule has 0 aliphatic rings. The smallest absolute Gasteiger partial charge is 0.192 e. The molecule has 0 spiro atoms. The second-order valence-electron chi connectivity index (χ2n) is 10.2. The summed E-state index contributed by atoms with van der Waals surface area (Å²) in [5.74, 6) is 0.394. The monoisotopic (exact) mass is 508 g/mol. The molecule has 9 nitrogen and oxygen atoms in total. The van der Waals surface area contributed by atoms with Crippen LogP contribution in [0, 0.1) is 5.82 Å². The van der Waals surface area contributed by atoms with Gasteiger partial charge in [-0.15, -0.1) is 0 Å². The highest BCUT2D eigenvalue weighted by atomic mass is 28.4. The molecule has 11 heteroatoms. The topological polar surface area (TPSA) is 130 Å². The van der Waals surface area contributed by atoms with E-state index in [1.165, 1.54) is 6.07 Å². The zero-order valence-electron chi connectivity index (χ0n) is 21.3. The van der Waals surface area contributed by atoms with E-state index in [0.29, 0.717) is 35.7 Å². The number of rotatable bonds is 8. The Morgan fingerprint density at radius 1 is 1.06 bits per heavy atom. The molecule has 0 bridgehead atoms. The molecule has 0 aliphatic carbocycles. The predicted molar refractivity (Wildman–Crippen MR) is 145 cm³/mol. The van der Waals surface area contributed by atoms with Crippen molar-refractivity contribution in [3.8, 4) is 11.5 Å². The van der Waals surface area contributed by atoms with Crippen LogP contribution in [0.5, 0.6) is 0 Å². The van der Waals surface area contributed by atoms with Crippen LogP contribution in [-0.4, -0.2) is 46.2 Å². The molecule has 5 N–H and O–H groups in total. The Bertz CT molecular complexity index is 1360. The number of fused-ring (bicyclic) bond motifs is 1. The largest absolute Gasteiger partial charge is 0.415 e. The molecular weight excluding hydrogens is 475 g/mol. The van der Waals surface area contributed by atoms with Crippen molar-refractivity contribution in [1.29, 1.82) is 0 Å². The number of nitrogen functional groups attached to an aromatic ring is 2. The highest BCUT2D eigenvalue weighted by Gasteiger charge is 2.36. The standard InChI is InChI=1S/C25H33FN8OSi/c1-25(2,3)36(4,5)35-14-13-29-20-21(27)31-23(32-22(20)28)19-17-10-8-12-30-24(17)34(33-19)15-16-9-6-7-11-18(16)26/h6-12,29H,13-15H2,1-5H3,(H4,27,28,31,32). The van der Waals surface area contributed by atoms with Crippen molar-refractivity contribution in [1.82, 2.24) is 24.7 Å². The number of anilines is 3. The summed E-state index contributed by atoms with van der Waals surface area (Å²) in [5, 5.41) is 8.70. The van der Waals surface area contributed by atoms with Gasteiger partial charge in [0.05, 0.1) is 18.5 Å². The fraction of sp³-hybridized carbons (Fsp3) is 0.360. The molecule has 4 rings (SSSR count). The van der Waals surface area contributed by atoms with E-state index >= 15 is 0 Å². The van der Waals surface area contributed by atoms with E-state index in [9.17, 15) is 4.39 Å². The maximum Gasteiger partial charge on any atom is 0.192 e. The Labute approximate surface area is 211 Å². The van der Waals surface area contributed by atoms with E-state index in [2.05, 4.69) is 59.2 Å². The zero-order chi connectivity index (χ0) is 26.1. The van der Waals surface area contributed by atoms with Crippen molar-refractivity contribution >= 4 is 36.7 Å². The number of nitrogens with zero attached hydrogens (tertiary/aromatic N) is 5. The number of hydrogen-bond donors (Lipinski definition) is 3. The maximum atomic E-state index is 14.3. The van der Waals surface area contributed by atoms with E-state index in [1.807, 2.05) is 6.07 Å². The molecule has 0 fully saturated rings. The minimum absolute atomic E-state index is 0.128. The first kappa shape index (κ1) is 25.5. The highest BCUT2D eigenvalue weighted by Crippen LogP contribution is 2.36. The van der Waals surface area contributed by atoms with Crippen molar-refractivity contribution < 1.29 is 8.82 Å². The average molecular weight is 509 g/mol. The molecule has 4 aromatic rings. The molecule has 0 aliphatic heterocycles. The Morgan fingerprint density at radius 2 is 1.75 bits per heavy atom. The molecule has 0 atom stereocenters. The molecule has 0 saturated heterocycles. The van der Waals surface area contributed by atoms with Crippen molar-refractivity contribution in [3.05, 3.63) is 54.0 Å². The lowest BCUT2D eigenvalue weighted by atomic mass is 10.2. The fourth-order valence-corrected chi connectivity index (χ4v) is 4.60. The first-order valence-electron chi connectivity index (χ1n) is 11.8. The maximum absolute atomic E-state index is 14.3. The van der Waals surface area contributed by atoms with E-state index in [1.54, 1.807) is 35.1 Å². The van der Waals surface area contributed by atoms with E-state index < -0.39 is 8.32 Å². The van der Waals surface area contributed by atoms with Gasteiger partial charge >= 0.3 is 0 Å². The van der Waals surface area contributed by atoms with Crippen molar-refractivity contribution in [2.75, 3.05) is 29.9 Å². The zero-order valence-corrected chi connectivity index (χ0v) is 22.3. The summed E-state index contributed by atoms with van der Waals surface area (Å²) in [6.45, 7) is 12.3. The Morgan fingerprint density at radius 3 is 2.42 bits per heavy atom. The number of nitrogens with one attached hydrogen (secondary N) is 1. The lowest BCUT2D eigenvalue weighted by Crippen LogP contribution is -2.41. The van der Waals surface area contributed by atoms with Crippen molar-refractivity contribution in [3.63, 3.8) is 0 Å². The molecule has 0 saturated carbocycles. The molecule has 1 aromatic carbocycles. The van der Waals surface area contributed by atoms with Crippen molar-refractivity contribution in [2.45, 2.75) is 45.4 Å². The second-order valence-corrected chi connectivity index (χ2v) is 15.0. The normalized spacial score (nSPS) is 12.3. The molecule has 0 radical (unpaired) electrons. The molecule has 3 heterocycles. The Hall–Kier alpha value is -3.57. The highest BCUT2D eigenvalue weighted by molar-refractivity contribution is 6.74.